The van der Waals surface area contributed by atoms with Gasteiger partial charge in [-0.2, -0.15) is 0 Å². The van der Waals surface area contributed by atoms with Crippen molar-refractivity contribution in [3.8, 4) is 22.4 Å². The molecular weight excluding hydrogens is 463 g/mol. The smallest absolute Gasteiger partial charge is 0.133 e. The van der Waals surface area contributed by atoms with Crippen molar-refractivity contribution in [3.63, 3.8) is 0 Å². The minimum Gasteiger partial charge on any atom is -0.341 e. The van der Waals surface area contributed by atoms with Crippen molar-refractivity contribution in [3.05, 3.63) is 72.2 Å². The molecule has 3 aromatic carbocycles. The summed E-state index contributed by atoms with van der Waals surface area (Å²) in [6.07, 6.45) is 6.63. The summed E-state index contributed by atoms with van der Waals surface area (Å²) in [4.78, 5) is 16.4. The summed E-state index contributed by atoms with van der Waals surface area (Å²) in [6, 6.07) is 18.0. The van der Waals surface area contributed by atoms with Crippen molar-refractivity contribution in [1.82, 2.24) is 30.6 Å². The molecule has 4 N–H and O–H groups in total. The Bertz CT molecular complexity index is 1700. The molecule has 0 radical (unpaired) electrons. The highest BCUT2D eigenvalue weighted by Crippen LogP contribution is 2.46. The van der Waals surface area contributed by atoms with Gasteiger partial charge in [-0.1, -0.05) is 24.3 Å². The maximum Gasteiger partial charge on any atom is 0.133 e. The molecular formula is C30H27FN6. The number of hydrogen-bond donors (Lipinski definition) is 4. The Kier molecular flexibility index (Phi) is 4.03. The van der Waals surface area contributed by atoms with Gasteiger partial charge in [0, 0.05) is 23.0 Å². The Balaban J connectivity index is 1.02. The molecule has 37 heavy (non-hydrogen) atoms. The molecule has 7 heteroatoms. The number of aromatic nitrogens is 4. The molecule has 184 valence electrons. The van der Waals surface area contributed by atoms with Crippen LogP contribution in [0.4, 0.5) is 4.39 Å². The Morgan fingerprint density at radius 3 is 2.27 bits per heavy atom. The lowest BCUT2D eigenvalue weighted by Gasteiger charge is -2.10. The van der Waals surface area contributed by atoms with Crippen molar-refractivity contribution in [2.45, 2.75) is 49.9 Å². The predicted octanol–water partition coefficient (Wildman–Crippen LogP) is 5.76. The van der Waals surface area contributed by atoms with E-state index in [9.17, 15) is 0 Å². The standard InChI is InChI=1S/C30H27FN6/c31-21-8-15(2-5-20(21)27-13-32-29(36-27)25-11-17-9-23(17)33-25)14-1-4-19-16(7-14)3-6-22-28(19)37-30(35-22)26-12-18-10-24(18)34-26/h1-8,13,17-18,23-26,33-34H,9-12H2,(H,32,36)(H,35,37)/t17?,18-,23-,24-,25+,26+/m1/s1. The van der Waals surface area contributed by atoms with Gasteiger partial charge in [-0.3, -0.25) is 0 Å². The van der Waals surface area contributed by atoms with Gasteiger partial charge in [-0.05, 0) is 78.3 Å². The van der Waals surface area contributed by atoms with Crippen LogP contribution in [-0.4, -0.2) is 32.0 Å². The summed E-state index contributed by atoms with van der Waals surface area (Å²) >= 11 is 0. The van der Waals surface area contributed by atoms with Crippen molar-refractivity contribution >= 4 is 21.8 Å². The highest BCUT2D eigenvalue weighted by molar-refractivity contribution is 6.05. The lowest BCUT2D eigenvalue weighted by Crippen LogP contribution is -2.18. The molecule has 2 saturated carbocycles. The van der Waals surface area contributed by atoms with E-state index in [1.54, 1.807) is 12.3 Å². The van der Waals surface area contributed by atoms with E-state index in [-0.39, 0.29) is 11.9 Å². The van der Waals surface area contributed by atoms with E-state index in [1.165, 1.54) is 19.3 Å². The molecule has 2 saturated heterocycles. The van der Waals surface area contributed by atoms with Gasteiger partial charge < -0.3 is 20.6 Å². The molecule has 4 fully saturated rings. The van der Waals surface area contributed by atoms with Crippen molar-refractivity contribution < 1.29 is 4.39 Å². The fourth-order valence-corrected chi connectivity index (χ4v) is 6.79. The maximum absolute atomic E-state index is 15.3. The lowest BCUT2D eigenvalue weighted by atomic mass is 9.99. The first-order valence-electron chi connectivity index (χ1n) is 13.5. The van der Waals surface area contributed by atoms with Gasteiger partial charge in [0.05, 0.1) is 35.0 Å². The van der Waals surface area contributed by atoms with E-state index in [4.69, 9.17) is 4.98 Å². The summed E-state index contributed by atoms with van der Waals surface area (Å²) in [5.41, 5.74) is 5.20. The quantitative estimate of drug-likeness (QED) is 0.258. The zero-order valence-corrected chi connectivity index (χ0v) is 20.3. The van der Waals surface area contributed by atoms with E-state index in [2.05, 4.69) is 55.9 Å². The van der Waals surface area contributed by atoms with Crippen LogP contribution in [0.2, 0.25) is 0 Å². The average Bonchev–Trinajstić information content (AvgIpc) is 3.50. The molecule has 2 aliphatic carbocycles. The van der Waals surface area contributed by atoms with E-state index < -0.39 is 0 Å². The van der Waals surface area contributed by atoms with Gasteiger partial charge in [0.25, 0.3) is 0 Å². The molecule has 6 nitrogen and oxygen atoms in total. The van der Waals surface area contributed by atoms with Crippen molar-refractivity contribution in [1.29, 1.82) is 0 Å². The predicted molar refractivity (Wildman–Crippen MR) is 141 cm³/mol. The number of imidazole rings is 2. The van der Waals surface area contributed by atoms with Crippen LogP contribution in [0.25, 0.3) is 44.2 Å². The average molecular weight is 491 g/mol. The summed E-state index contributed by atoms with van der Waals surface area (Å²) in [5.74, 6) is 3.32. The summed E-state index contributed by atoms with van der Waals surface area (Å²) in [6.45, 7) is 0. The van der Waals surface area contributed by atoms with Gasteiger partial charge >= 0.3 is 0 Å². The second-order valence-corrected chi connectivity index (χ2v) is 11.5. The minimum atomic E-state index is -0.246. The Hall–Kier alpha value is -3.55. The zero-order chi connectivity index (χ0) is 24.2. The third-order valence-corrected chi connectivity index (χ3v) is 9.09. The molecule has 2 aliphatic heterocycles. The molecule has 4 heterocycles. The molecule has 4 aliphatic rings. The third-order valence-electron chi connectivity index (χ3n) is 9.09. The van der Waals surface area contributed by atoms with Crippen LogP contribution in [-0.2, 0) is 0 Å². The first-order valence-corrected chi connectivity index (χ1v) is 13.5. The second-order valence-electron chi connectivity index (χ2n) is 11.5. The van der Waals surface area contributed by atoms with E-state index in [0.717, 1.165) is 68.5 Å². The fourth-order valence-electron chi connectivity index (χ4n) is 6.79. The number of nitrogens with one attached hydrogen (secondary N) is 4. The number of aromatic amines is 2. The topological polar surface area (TPSA) is 81.4 Å². The number of piperidine rings is 2. The van der Waals surface area contributed by atoms with Crippen LogP contribution >= 0.6 is 0 Å². The normalized spacial score (nSPS) is 29.6. The van der Waals surface area contributed by atoms with Gasteiger partial charge in [-0.15, -0.1) is 0 Å². The number of hydrogen-bond acceptors (Lipinski definition) is 4. The first-order chi connectivity index (χ1) is 18.2. The van der Waals surface area contributed by atoms with Crippen LogP contribution in [0.15, 0.2) is 54.7 Å². The summed E-state index contributed by atoms with van der Waals surface area (Å²) in [7, 11) is 0. The van der Waals surface area contributed by atoms with Crippen LogP contribution in [0, 0.1) is 17.7 Å². The Morgan fingerprint density at radius 2 is 1.51 bits per heavy atom. The molecule has 9 rings (SSSR count). The summed E-state index contributed by atoms with van der Waals surface area (Å²) < 4.78 is 15.3. The molecule has 6 atom stereocenters. The number of halogens is 1. The first kappa shape index (κ1) is 20.5. The van der Waals surface area contributed by atoms with E-state index >= 15 is 4.39 Å². The number of rotatable bonds is 4. The largest absolute Gasteiger partial charge is 0.341 e. The second kappa shape index (κ2) is 7.27. The lowest BCUT2D eigenvalue weighted by molar-refractivity contribution is 0.543. The number of benzene rings is 3. The third kappa shape index (κ3) is 3.23. The molecule has 0 bridgehead atoms. The maximum atomic E-state index is 15.3. The molecule has 5 aromatic rings. The van der Waals surface area contributed by atoms with Crippen LogP contribution in [0.3, 0.4) is 0 Å². The van der Waals surface area contributed by atoms with Crippen molar-refractivity contribution in [2.24, 2.45) is 11.8 Å². The minimum absolute atomic E-state index is 0.246. The van der Waals surface area contributed by atoms with Gasteiger partial charge in [-0.25, -0.2) is 14.4 Å². The Labute approximate surface area is 213 Å². The van der Waals surface area contributed by atoms with Gasteiger partial charge in [0.1, 0.15) is 17.5 Å². The molecule has 1 unspecified atom stereocenters. The monoisotopic (exact) mass is 490 g/mol. The highest BCUT2D eigenvalue weighted by Gasteiger charge is 2.47. The molecule has 2 aromatic heterocycles. The van der Waals surface area contributed by atoms with E-state index in [0.29, 0.717) is 23.7 Å². The fraction of sp³-hybridized carbons (Fsp3) is 0.333. The number of nitrogens with zero attached hydrogens (tertiary/aromatic N) is 2. The van der Waals surface area contributed by atoms with Gasteiger partial charge in [0.15, 0.2) is 0 Å². The highest BCUT2D eigenvalue weighted by atomic mass is 19.1. The number of H-pyrrole nitrogens is 2. The zero-order valence-electron chi connectivity index (χ0n) is 20.3. The van der Waals surface area contributed by atoms with Crippen LogP contribution in [0.1, 0.15) is 49.4 Å². The van der Waals surface area contributed by atoms with Crippen LogP contribution in [0.5, 0.6) is 0 Å². The van der Waals surface area contributed by atoms with Crippen LogP contribution < -0.4 is 10.6 Å². The SMILES string of the molecule is Fc1cc(-c2ccc3c(ccc4[nH]c([C@@H]5C[C@H]6C[C@H]6N5)nc43)c2)ccc1-c1cnc([C@@H]2CC3C[C@H]3N2)[nH]1. The summed E-state index contributed by atoms with van der Waals surface area (Å²) in [5, 5.41) is 9.51. The molecule has 0 amide bonds. The van der Waals surface area contributed by atoms with E-state index in [1.807, 2.05) is 12.1 Å². The Morgan fingerprint density at radius 1 is 0.757 bits per heavy atom. The molecule has 0 spiro atoms. The van der Waals surface area contributed by atoms with Crippen molar-refractivity contribution in [2.75, 3.05) is 0 Å². The number of fused-ring (bicyclic) bond motifs is 5. The van der Waals surface area contributed by atoms with Gasteiger partial charge in [0.2, 0.25) is 0 Å².